The topological polar surface area (TPSA) is 202 Å². The van der Waals surface area contributed by atoms with Gasteiger partial charge in [0.05, 0.1) is 5.92 Å². The zero-order valence-electron chi connectivity index (χ0n) is 24.8. The van der Waals surface area contributed by atoms with Crippen LogP contribution in [-0.2, 0) is 46.7 Å². The molecule has 11 heteroatoms. The summed E-state index contributed by atoms with van der Waals surface area (Å²) in [4.78, 5) is 54.8. The van der Waals surface area contributed by atoms with E-state index in [2.05, 4.69) is 0 Å². The molecule has 0 heterocycles. The molecule has 3 saturated carbocycles. The number of hydrogen-bond donors (Lipinski definition) is 4. The van der Waals surface area contributed by atoms with Gasteiger partial charge in [-0.15, -0.1) is 0 Å². The van der Waals surface area contributed by atoms with E-state index in [0.717, 1.165) is 36.8 Å². The molecule has 0 aliphatic heterocycles. The van der Waals surface area contributed by atoms with Crippen LogP contribution in [0.2, 0.25) is 0 Å². The molecular formula is C33H43N3O8. The van der Waals surface area contributed by atoms with E-state index in [9.17, 15) is 24.0 Å². The Hall–Kier alpha value is -4.25. The van der Waals surface area contributed by atoms with Crippen LogP contribution in [0.15, 0.2) is 60.7 Å². The number of aliphatic carboxylic acids is 1. The number of primary amides is 2. The number of amides is 2. The lowest BCUT2D eigenvalue weighted by Gasteiger charge is -2.32. The summed E-state index contributed by atoms with van der Waals surface area (Å²) in [7, 11) is 0. The van der Waals surface area contributed by atoms with Crippen molar-refractivity contribution in [1.29, 1.82) is 0 Å². The fourth-order valence-corrected chi connectivity index (χ4v) is 5.20. The minimum Gasteiger partial charge on any atom is -0.481 e. The van der Waals surface area contributed by atoms with Crippen molar-refractivity contribution < 1.29 is 38.6 Å². The predicted molar refractivity (Wildman–Crippen MR) is 161 cm³/mol. The van der Waals surface area contributed by atoms with Gasteiger partial charge in [0.25, 0.3) is 0 Å². The first-order chi connectivity index (χ1) is 21.0. The van der Waals surface area contributed by atoms with Crippen LogP contribution in [-0.4, -0.2) is 40.9 Å². The Kier molecular flexibility index (Phi) is 13.3. The first-order valence-corrected chi connectivity index (χ1v) is 15.0. The van der Waals surface area contributed by atoms with Gasteiger partial charge in [-0.1, -0.05) is 60.7 Å². The summed E-state index contributed by atoms with van der Waals surface area (Å²) in [6.45, 7) is 0.598. The first kappa shape index (κ1) is 34.2. The van der Waals surface area contributed by atoms with E-state index in [-0.39, 0.29) is 66.0 Å². The second kappa shape index (κ2) is 17.1. The second-order valence-electron chi connectivity index (χ2n) is 11.8. The maximum absolute atomic E-state index is 11.6. The average molecular weight is 610 g/mol. The Bertz CT molecular complexity index is 1150. The third-order valence-corrected chi connectivity index (χ3v) is 8.20. The molecule has 0 radical (unpaired) electrons. The van der Waals surface area contributed by atoms with Gasteiger partial charge < -0.3 is 31.8 Å². The van der Waals surface area contributed by atoms with Gasteiger partial charge in [0.15, 0.2) is 0 Å². The van der Waals surface area contributed by atoms with E-state index in [4.69, 9.17) is 31.8 Å². The van der Waals surface area contributed by atoms with Gasteiger partial charge in [0, 0.05) is 30.7 Å². The third-order valence-electron chi connectivity index (χ3n) is 8.20. The van der Waals surface area contributed by atoms with E-state index < -0.39 is 5.97 Å². The van der Waals surface area contributed by atoms with Gasteiger partial charge in [0.1, 0.15) is 13.2 Å². The molecule has 238 valence electrons. The Balaban J connectivity index is 0.000000194. The van der Waals surface area contributed by atoms with Crippen LogP contribution in [0, 0.1) is 29.6 Å². The molecule has 5 rings (SSSR count). The zero-order chi connectivity index (χ0) is 32.1. The molecule has 3 aliphatic carbocycles. The van der Waals surface area contributed by atoms with E-state index in [1.807, 2.05) is 60.7 Å². The van der Waals surface area contributed by atoms with E-state index in [1.54, 1.807) is 0 Å². The monoisotopic (exact) mass is 609 g/mol. The van der Waals surface area contributed by atoms with E-state index in [0.29, 0.717) is 32.3 Å². The summed E-state index contributed by atoms with van der Waals surface area (Å²) >= 11 is 0. The Labute approximate surface area is 257 Å². The minimum atomic E-state index is -0.760. The first-order valence-electron chi connectivity index (χ1n) is 15.0. The number of benzene rings is 2. The van der Waals surface area contributed by atoms with Crippen LogP contribution in [0.25, 0.3) is 0 Å². The van der Waals surface area contributed by atoms with Crippen LogP contribution >= 0.6 is 0 Å². The number of ether oxygens (including phenoxy) is 2. The van der Waals surface area contributed by atoms with Crippen molar-refractivity contribution in [1.82, 2.24) is 0 Å². The predicted octanol–water partition coefficient (Wildman–Crippen LogP) is 3.07. The van der Waals surface area contributed by atoms with Crippen molar-refractivity contribution in [3.63, 3.8) is 0 Å². The summed E-state index contributed by atoms with van der Waals surface area (Å²) in [6, 6.07) is 19.3. The molecule has 0 bridgehead atoms. The van der Waals surface area contributed by atoms with Crippen LogP contribution in [0.1, 0.15) is 62.5 Å². The molecule has 0 unspecified atom stereocenters. The standard InChI is InChI=1S/C14H17NO3.C14H16O4.C5H10N2O/c15-14(17)12-6-11(7-12)8-13(16)18-9-10-4-2-1-3-5-10;15-13(8-11-6-12(7-11)14(16)17)18-9-10-4-2-1-3-5-10;6-4-1-3(2-4)5(7)8/h1-5,11-12H,6-9H2,(H2,15,17);1-5,11-12H,6-9H2,(H,16,17);3-4H,1-2,6H2,(H2,7,8). The number of carbonyl (C=O) groups excluding carboxylic acids is 4. The smallest absolute Gasteiger partial charge is 0.306 e. The zero-order valence-corrected chi connectivity index (χ0v) is 24.8. The molecule has 44 heavy (non-hydrogen) atoms. The van der Waals surface area contributed by atoms with E-state index in [1.165, 1.54) is 0 Å². The molecule has 2 aromatic carbocycles. The molecule has 11 nitrogen and oxygen atoms in total. The van der Waals surface area contributed by atoms with Gasteiger partial charge in [-0.05, 0) is 61.5 Å². The molecule has 3 aliphatic rings. The summed E-state index contributed by atoms with van der Waals surface area (Å²) in [5.41, 5.74) is 17.5. The number of carboxylic acid groups (broad SMARTS) is 1. The highest BCUT2D eigenvalue weighted by molar-refractivity contribution is 5.78. The Morgan fingerprint density at radius 3 is 1.30 bits per heavy atom. The number of esters is 2. The lowest BCUT2D eigenvalue weighted by molar-refractivity contribution is -0.152. The molecule has 0 spiro atoms. The molecule has 2 amide bonds. The largest absolute Gasteiger partial charge is 0.481 e. The maximum atomic E-state index is 11.6. The van der Waals surface area contributed by atoms with Crippen molar-refractivity contribution in [3.8, 4) is 0 Å². The quantitative estimate of drug-likeness (QED) is 0.276. The number of carbonyl (C=O) groups is 5. The summed E-state index contributed by atoms with van der Waals surface area (Å²) in [5, 5.41) is 8.72. The summed E-state index contributed by atoms with van der Waals surface area (Å²) < 4.78 is 10.3. The summed E-state index contributed by atoms with van der Waals surface area (Å²) in [6.07, 6.45) is 4.91. The Morgan fingerprint density at radius 2 is 0.977 bits per heavy atom. The molecule has 3 fully saturated rings. The van der Waals surface area contributed by atoms with Crippen molar-refractivity contribution >= 4 is 29.7 Å². The number of nitrogens with two attached hydrogens (primary N) is 3. The van der Waals surface area contributed by atoms with Crippen molar-refractivity contribution in [2.24, 2.45) is 46.8 Å². The van der Waals surface area contributed by atoms with Crippen molar-refractivity contribution in [3.05, 3.63) is 71.8 Å². The van der Waals surface area contributed by atoms with Gasteiger partial charge in [-0.3, -0.25) is 24.0 Å². The van der Waals surface area contributed by atoms with Gasteiger partial charge >= 0.3 is 17.9 Å². The fraction of sp³-hybridized carbons (Fsp3) is 0.485. The van der Waals surface area contributed by atoms with Crippen molar-refractivity contribution in [2.75, 3.05) is 0 Å². The Morgan fingerprint density at radius 1 is 0.614 bits per heavy atom. The lowest BCUT2D eigenvalue weighted by Crippen LogP contribution is -2.42. The molecular weight excluding hydrogens is 566 g/mol. The third kappa shape index (κ3) is 11.8. The number of hydrogen-bond acceptors (Lipinski definition) is 8. The molecule has 0 atom stereocenters. The van der Waals surface area contributed by atoms with E-state index >= 15 is 0 Å². The second-order valence-corrected chi connectivity index (χ2v) is 11.8. The van der Waals surface area contributed by atoms with Gasteiger partial charge in [-0.2, -0.15) is 0 Å². The highest BCUT2D eigenvalue weighted by atomic mass is 16.5. The SMILES string of the molecule is NC(=O)C1CC(CC(=O)OCc2ccccc2)C1.NC(=O)C1CC(N)C1.O=C(CC1CC(C(=O)O)C1)OCc1ccccc1. The molecule has 2 aromatic rings. The van der Waals surface area contributed by atoms with Crippen LogP contribution in [0.5, 0.6) is 0 Å². The van der Waals surface area contributed by atoms with Crippen LogP contribution < -0.4 is 17.2 Å². The molecule has 0 aromatic heterocycles. The normalized spacial score (nSPS) is 24.6. The maximum Gasteiger partial charge on any atom is 0.306 e. The van der Waals surface area contributed by atoms with Crippen molar-refractivity contribution in [2.45, 2.75) is 70.6 Å². The van der Waals surface area contributed by atoms with Crippen LogP contribution in [0.4, 0.5) is 0 Å². The number of carboxylic acids is 1. The average Bonchev–Trinajstić information content (AvgIpc) is 2.94. The highest BCUT2D eigenvalue weighted by Gasteiger charge is 2.36. The highest BCUT2D eigenvalue weighted by Crippen LogP contribution is 2.37. The van der Waals surface area contributed by atoms with Gasteiger partial charge in [-0.25, -0.2) is 0 Å². The summed E-state index contributed by atoms with van der Waals surface area (Å²) in [5.74, 6) is -1.47. The number of rotatable bonds is 11. The van der Waals surface area contributed by atoms with Gasteiger partial charge in [0.2, 0.25) is 11.8 Å². The van der Waals surface area contributed by atoms with Crippen LogP contribution in [0.3, 0.4) is 0 Å². The molecule has 7 N–H and O–H groups in total. The lowest BCUT2D eigenvalue weighted by atomic mass is 9.73. The minimum absolute atomic E-state index is 0.0445. The molecule has 0 saturated heterocycles. The fourth-order valence-electron chi connectivity index (χ4n) is 5.20.